The molecule has 2 aromatic rings. The molecule has 3 nitrogen and oxygen atoms in total. The molecule has 18 heavy (non-hydrogen) atoms. The first-order valence-corrected chi connectivity index (χ1v) is 6.20. The maximum absolute atomic E-state index is 5.80. The summed E-state index contributed by atoms with van der Waals surface area (Å²) in [7, 11) is 0. The second kappa shape index (κ2) is 5.55. The van der Waals surface area contributed by atoms with Crippen molar-refractivity contribution in [2.24, 2.45) is 0 Å². The van der Waals surface area contributed by atoms with Gasteiger partial charge >= 0.3 is 0 Å². The Morgan fingerprint density at radius 2 is 1.78 bits per heavy atom. The van der Waals surface area contributed by atoms with E-state index in [1.54, 1.807) is 0 Å². The van der Waals surface area contributed by atoms with Gasteiger partial charge in [0.25, 0.3) is 0 Å². The Hall–Kier alpha value is -1.32. The Morgan fingerprint density at radius 3 is 2.44 bits per heavy atom. The normalized spacial score (nSPS) is 10.4. The number of hydrogen-bond acceptors (Lipinski definition) is 3. The van der Waals surface area contributed by atoms with Crippen molar-refractivity contribution in [3.8, 4) is 5.75 Å². The van der Waals surface area contributed by atoms with Crippen LogP contribution >= 0.6 is 23.2 Å². The van der Waals surface area contributed by atoms with Gasteiger partial charge in [0.1, 0.15) is 22.7 Å². The number of nitrogens with zero attached hydrogens (tertiary/aromatic N) is 2. The average molecular weight is 283 g/mol. The van der Waals surface area contributed by atoms with E-state index < -0.39 is 0 Å². The number of aryl methyl sites for hydroxylation is 1. The standard InChI is InChI=1S/C13H12Cl2N2O/c1-8-4-3-5-10(9(8)2)18-7-13-16-11(14)6-12(15)17-13/h3-6H,7H2,1-2H3. The first-order valence-electron chi connectivity index (χ1n) is 5.44. The van der Waals surface area contributed by atoms with E-state index >= 15 is 0 Å². The van der Waals surface area contributed by atoms with Crippen molar-refractivity contribution in [3.05, 3.63) is 51.5 Å². The van der Waals surface area contributed by atoms with Crippen molar-refractivity contribution in [3.63, 3.8) is 0 Å². The summed E-state index contributed by atoms with van der Waals surface area (Å²) in [5, 5.41) is 0.629. The lowest BCUT2D eigenvalue weighted by Gasteiger charge is -2.10. The molecule has 0 spiro atoms. The van der Waals surface area contributed by atoms with Crippen molar-refractivity contribution in [1.82, 2.24) is 9.97 Å². The van der Waals surface area contributed by atoms with Crippen LogP contribution < -0.4 is 4.74 Å². The molecule has 0 saturated heterocycles. The van der Waals surface area contributed by atoms with Crippen LogP contribution in [0.2, 0.25) is 10.3 Å². The van der Waals surface area contributed by atoms with Crippen LogP contribution in [0.5, 0.6) is 5.75 Å². The van der Waals surface area contributed by atoms with E-state index in [-0.39, 0.29) is 6.61 Å². The van der Waals surface area contributed by atoms with E-state index in [1.807, 2.05) is 32.0 Å². The van der Waals surface area contributed by atoms with Crippen LogP contribution in [-0.4, -0.2) is 9.97 Å². The fourth-order valence-electron chi connectivity index (χ4n) is 1.52. The first-order chi connectivity index (χ1) is 8.56. The van der Waals surface area contributed by atoms with E-state index in [9.17, 15) is 0 Å². The largest absolute Gasteiger partial charge is 0.485 e. The molecule has 1 aromatic carbocycles. The second-order valence-electron chi connectivity index (χ2n) is 3.92. The van der Waals surface area contributed by atoms with Crippen molar-refractivity contribution in [1.29, 1.82) is 0 Å². The van der Waals surface area contributed by atoms with Gasteiger partial charge in [0.2, 0.25) is 0 Å². The fraction of sp³-hybridized carbons (Fsp3) is 0.231. The molecule has 0 unspecified atom stereocenters. The minimum Gasteiger partial charge on any atom is -0.485 e. The Kier molecular flexibility index (Phi) is 4.04. The molecular formula is C13H12Cl2N2O. The van der Waals surface area contributed by atoms with Crippen LogP contribution in [0.25, 0.3) is 0 Å². The third-order valence-corrected chi connectivity index (χ3v) is 3.01. The summed E-state index contributed by atoms with van der Waals surface area (Å²) >= 11 is 11.6. The first kappa shape index (κ1) is 13.1. The second-order valence-corrected chi connectivity index (χ2v) is 4.69. The summed E-state index contributed by atoms with van der Waals surface area (Å²) < 4.78 is 5.67. The van der Waals surface area contributed by atoms with Gasteiger partial charge in [0, 0.05) is 6.07 Å². The third kappa shape index (κ3) is 3.12. The summed E-state index contributed by atoms with van der Waals surface area (Å²) in [6.07, 6.45) is 0. The van der Waals surface area contributed by atoms with Crippen LogP contribution in [0.3, 0.4) is 0 Å². The summed E-state index contributed by atoms with van der Waals surface area (Å²) in [4.78, 5) is 8.09. The van der Waals surface area contributed by atoms with Gasteiger partial charge in [-0.1, -0.05) is 35.3 Å². The Morgan fingerprint density at radius 1 is 1.11 bits per heavy atom. The highest BCUT2D eigenvalue weighted by molar-refractivity contribution is 6.33. The van der Waals surface area contributed by atoms with Crippen LogP contribution in [-0.2, 0) is 6.61 Å². The maximum atomic E-state index is 5.80. The van der Waals surface area contributed by atoms with E-state index in [0.717, 1.165) is 11.3 Å². The predicted octanol–water partition coefficient (Wildman–Crippen LogP) is 3.98. The average Bonchev–Trinajstić information content (AvgIpc) is 2.30. The quantitative estimate of drug-likeness (QED) is 0.799. The molecule has 0 aliphatic carbocycles. The van der Waals surface area contributed by atoms with Gasteiger partial charge in [-0.2, -0.15) is 0 Å². The van der Waals surface area contributed by atoms with Gasteiger partial charge in [0.05, 0.1) is 0 Å². The van der Waals surface area contributed by atoms with Gasteiger partial charge < -0.3 is 4.74 Å². The highest BCUT2D eigenvalue weighted by Gasteiger charge is 2.05. The highest BCUT2D eigenvalue weighted by Crippen LogP contribution is 2.21. The topological polar surface area (TPSA) is 35.0 Å². The SMILES string of the molecule is Cc1cccc(OCc2nc(Cl)cc(Cl)n2)c1C. The molecule has 0 atom stereocenters. The molecule has 94 valence electrons. The highest BCUT2D eigenvalue weighted by atomic mass is 35.5. The zero-order valence-corrected chi connectivity index (χ0v) is 11.6. The molecule has 0 aliphatic heterocycles. The Labute approximate surface area is 116 Å². The zero-order chi connectivity index (χ0) is 13.1. The number of ether oxygens (including phenoxy) is 1. The lowest BCUT2D eigenvalue weighted by atomic mass is 10.1. The molecule has 0 fully saturated rings. The summed E-state index contributed by atoms with van der Waals surface area (Å²) in [5.41, 5.74) is 2.28. The lowest BCUT2D eigenvalue weighted by Crippen LogP contribution is -2.03. The van der Waals surface area contributed by atoms with Gasteiger partial charge in [-0.05, 0) is 31.0 Å². The monoisotopic (exact) mass is 282 g/mol. The van der Waals surface area contributed by atoms with Crippen molar-refractivity contribution in [2.75, 3.05) is 0 Å². The minimum absolute atomic E-state index is 0.241. The maximum Gasteiger partial charge on any atom is 0.169 e. The molecule has 0 amide bonds. The lowest BCUT2D eigenvalue weighted by molar-refractivity contribution is 0.293. The van der Waals surface area contributed by atoms with Gasteiger partial charge in [-0.15, -0.1) is 0 Å². The van der Waals surface area contributed by atoms with E-state index in [2.05, 4.69) is 9.97 Å². The summed E-state index contributed by atoms with van der Waals surface area (Å²) in [6.45, 7) is 4.29. The molecule has 0 saturated carbocycles. The molecule has 0 bridgehead atoms. The molecule has 0 radical (unpaired) electrons. The summed E-state index contributed by atoms with van der Waals surface area (Å²) in [5.74, 6) is 1.28. The Bertz CT molecular complexity index is 553. The number of rotatable bonds is 3. The van der Waals surface area contributed by atoms with Gasteiger partial charge in [-0.25, -0.2) is 9.97 Å². The van der Waals surface area contributed by atoms with E-state index in [4.69, 9.17) is 27.9 Å². The molecule has 0 N–H and O–H groups in total. The van der Waals surface area contributed by atoms with Crippen molar-refractivity contribution >= 4 is 23.2 Å². The molecule has 0 aliphatic rings. The minimum atomic E-state index is 0.241. The van der Waals surface area contributed by atoms with Crippen LogP contribution in [0.4, 0.5) is 0 Å². The summed E-state index contributed by atoms with van der Waals surface area (Å²) in [6, 6.07) is 7.39. The van der Waals surface area contributed by atoms with E-state index in [1.165, 1.54) is 11.6 Å². The van der Waals surface area contributed by atoms with E-state index in [0.29, 0.717) is 16.1 Å². The van der Waals surface area contributed by atoms with Crippen LogP contribution in [0, 0.1) is 13.8 Å². The molecule has 1 heterocycles. The third-order valence-electron chi connectivity index (χ3n) is 2.62. The number of halogens is 2. The fourth-order valence-corrected chi connectivity index (χ4v) is 1.98. The molecule has 1 aromatic heterocycles. The zero-order valence-electron chi connectivity index (χ0n) is 10.1. The number of aromatic nitrogens is 2. The van der Waals surface area contributed by atoms with Crippen molar-refractivity contribution in [2.45, 2.75) is 20.5 Å². The van der Waals surface area contributed by atoms with Gasteiger partial charge in [-0.3, -0.25) is 0 Å². The number of benzene rings is 1. The molecular weight excluding hydrogens is 271 g/mol. The number of hydrogen-bond donors (Lipinski definition) is 0. The smallest absolute Gasteiger partial charge is 0.169 e. The van der Waals surface area contributed by atoms with Crippen molar-refractivity contribution < 1.29 is 4.74 Å². The predicted molar refractivity (Wildman–Crippen MR) is 72.3 cm³/mol. The van der Waals surface area contributed by atoms with Crippen LogP contribution in [0.15, 0.2) is 24.3 Å². The molecule has 5 heteroatoms. The molecule has 2 rings (SSSR count). The Balaban J connectivity index is 2.14. The van der Waals surface area contributed by atoms with Gasteiger partial charge in [0.15, 0.2) is 5.82 Å². The van der Waals surface area contributed by atoms with Crippen LogP contribution in [0.1, 0.15) is 17.0 Å².